The van der Waals surface area contributed by atoms with E-state index in [-0.39, 0.29) is 0 Å². The van der Waals surface area contributed by atoms with E-state index in [1.807, 2.05) is 19.2 Å². The Morgan fingerprint density at radius 1 is 1.44 bits per heavy atom. The molecule has 16 heavy (non-hydrogen) atoms. The first-order valence-electron chi connectivity index (χ1n) is 5.17. The summed E-state index contributed by atoms with van der Waals surface area (Å²) in [5.74, 6) is 0.636. The van der Waals surface area contributed by atoms with Crippen molar-refractivity contribution < 1.29 is 9.53 Å². The number of primary amides is 1. The fraction of sp³-hybridized carbons (Fsp3) is 0.364. The van der Waals surface area contributed by atoms with Crippen molar-refractivity contribution >= 4 is 11.7 Å². The molecule has 1 aromatic carbocycles. The van der Waals surface area contributed by atoms with Gasteiger partial charge in [0.1, 0.15) is 5.75 Å². The number of carbonyl (C=O) groups is 1. The van der Waals surface area contributed by atoms with Gasteiger partial charge in [-0.3, -0.25) is 0 Å². The van der Waals surface area contributed by atoms with Crippen molar-refractivity contribution in [3.05, 3.63) is 24.3 Å². The predicted octanol–water partition coefficient (Wildman–Crippen LogP) is 1.17. The van der Waals surface area contributed by atoms with Crippen molar-refractivity contribution in [2.24, 2.45) is 5.73 Å². The Labute approximate surface area is 95.0 Å². The number of ether oxygens (including phenoxy) is 1. The summed E-state index contributed by atoms with van der Waals surface area (Å²) in [5.41, 5.74) is 5.65. The second-order valence-electron chi connectivity index (χ2n) is 3.29. The van der Waals surface area contributed by atoms with Crippen LogP contribution in [0.5, 0.6) is 5.75 Å². The van der Waals surface area contributed by atoms with E-state index in [9.17, 15) is 4.79 Å². The molecule has 0 fully saturated rings. The molecule has 0 aromatic heterocycles. The largest absolute Gasteiger partial charge is 0.491 e. The molecule has 0 aliphatic carbocycles. The minimum Gasteiger partial charge on any atom is -0.491 e. The van der Waals surface area contributed by atoms with E-state index in [0.717, 1.165) is 13.0 Å². The zero-order chi connectivity index (χ0) is 11.8. The van der Waals surface area contributed by atoms with Crippen molar-refractivity contribution in [2.75, 3.05) is 25.5 Å². The van der Waals surface area contributed by atoms with Gasteiger partial charge < -0.3 is 21.1 Å². The molecule has 0 bridgehead atoms. The average Bonchev–Trinajstić information content (AvgIpc) is 2.26. The van der Waals surface area contributed by atoms with Gasteiger partial charge in [-0.1, -0.05) is 12.1 Å². The van der Waals surface area contributed by atoms with Gasteiger partial charge in [0.15, 0.2) is 0 Å². The van der Waals surface area contributed by atoms with Crippen molar-refractivity contribution in [1.29, 1.82) is 0 Å². The maximum atomic E-state index is 10.7. The Hall–Kier alpha value is -1.75. The number of anilines is 1. The monoisotopic (exact) mass is 223 g/mol. The Balaban J connectivity index is 2.53. The Bertz CT molecular complexity index is 342. The van der Waals surface area contributed by atoms with Crippen LogP contribution in [0.4, 0.5) is 10.5 Å². The molecule has 4 N–H and O–H groups in total. The molecule has 88 valence electrons. The predicted molar refractivity (Wildman–Crippen MR) is 63.7 cm³/mol. The fourth-order valence-electron chi connectivity index (χ4n) is 1.26. The summed E-state index contributed by atoms with van der Waals surface area (Å²) < 4.78 is 5.53. The van der Waals surface area contributed by atoms with E-state index in [0.29, 0.717) is 18.0 Å². The van der Waals surface area contributed by atoms with Gasteiger partial charge >= 0.3 is 6.03 Å². The molecule has 0 atom stereocenters. The molecular formula is C11H17N3O2. The lowest BCUT2D eigenvalue weighted by Crippen LogP contribution is -2.20. The molecule has 1 aromatic rings. The molecule has 0 saturated carbocycles. The molecule has 5 heteroatoms. The zero-order valence-electron chi connectivity index (χ0n) is 9.32. The Morgan fingerprint density at radius 2 is 2.19 bits per heavy atom. The zero-order valence-corrected chi connectivity index (χ0v) is 9.32. The van der Waals surface area contributed by atoms with Crippen LogP contribution in [0.25, 0.3) is 0 Å². The van der Waals surface area contributed by atoms with Gasteiger partial charge in [-0.15, -0.1) is 0 Å². The smallest absolute Gasteiger partial charge is 0.316 e. The first-order chi connectivity index (χ1) is 7.74. The number of urea groups is 1. The topological polar surface area (TPSA) is 76.4 Å². The van der Waals surface area contributed by atoms with Gasteiger partial charge in [0.25, 0.3) is 0 Å². The summed E-state index contributed by atoms with van der Waals surface area (Å²) in [6.45, 7) is 1.49. The van der Waals surface area contributed by atoms with Gasteiger partial charge in [-0.05, 0) is 32.1 Å². The van der Waals surface area contributed by atoms with Crippen LogP contribution in [0.3, 0.4) is 0 Å². The third kappa shape index (κ3) is 4.18. The minimum absolute atomic E-state index is 0.591. The van der Waals surface area contributed by atoms with Crippen LogP contribution >= 0.6 is 0 Å². The van der Waals surface area contributed by atoms with E-state index in [1.54, 1.807) is 12.1 Å². The standard InChI is InChI=1S/C11H17N3O2/c1-13-7-4-8-16-10-6-3-2-5-9(10)14-11(12)15/h2-3,5-6,13H,4,7-8H2,1H3,(H3,12,14,15). The number of nitrogens with one attached hydrogen (secondary N) is 2. The number of carbonyl (C=O) groups excluding carboxylic acids is 1. The summed E-state index contributed by atoms with van der Waals surface area (Å²) in [6, 6.07) is 6.61. The molecule has 0 heterocycles. The van der Waals surface area contributed by atoms with Crippen molar-refractivity contribution in [1.82, 2.24) is 5.32 Å². The number of hydrogen-bond acceptors (Lipinski definition) is 3. The number of hydrogen-bond donors (Lipinski definition) is 3. The van der Waals surface area contributed by atoms with E-state index in [1.165, 1.54) is 0 Å². The number of rotatable bonds is 6. The highest BCUT2D eigenvalue weighted by Crippen LogP contribution is 2.23. The van der Waals surface area contributed by atoms with Gasteiger partial charge in [0.05, 0.1) is 12.3 Å². The Kier molecular flexibility index (Phi) is 5.15. The summed E-state index contributed by atoms with van der Waals surface area (Å²) in [7, 11) is 1.89. The molecular weight excluding hydrogens is 206 g/mol. The van der Waals surface area contributed by atoms with E-state index in [4.69, 9.17) is 10.5 Å². The summed E-state index contributed by atoms with van der Waals surface area (Å²) in [6.07, 6.45) is 0.904. The lowest BCUT2D eigenvalue weighted by molar-refractivity contribution is 0.259. The normalized spacial score (nSPS) is 9.81. The maximum absolute atomic E-state index is 10.7. The SMILES string of the molecule is CNCCCOc1ccccc1NC(N)=O. The molecule has 2 amide bonds. The van der Waals surface area contributed by atoms with Crippen LogP contribution in [0.1, 0.15) is 6.42 Å². The lowest BCUT2D eigenvalue weighted by Gasteiger charge is -2.10. The highest BCUT2D eigenvalue weighted by Gasteiger charge is 2.03. The van der Waals surface area contributed by atoms with Crippen LogP contribution < -0.4 is 21.1 Å². The molecule has 0 radical (unpaired) electrons. The van der Waals surface area contributed by atoms with Crippen LogP contribution in [-0.4, -0.2) is 26.2 Å². The summed E-state index contributed by atoms with van der Waals surface area (Å²) in [4.78, 5) is 10.7. The first kappa shape index (κ1) is 12.3. The van der Waals surface area contributed by atoms with Crippen molar-refractivity contribution in [3.8, 4) is 5.75 Å². The quantitative estimate of drug-likeness (QED) is 0.633. The third-order valence-corrected chi connectivity index (χ3v) is 1.97. The molecule has 0 aliphatic heterocycles. The molecule has 0 aliphatic rings. The third-order valence-electron chi connectivity index (χ3n) is 1.97. The van der Waals surface area contributed by atoms with Crippen LogP contribution in [-0.2, 0) is 0 Å². The van der Waals surface area contributed by atoms with E-state index < -0.39 is 6.03 Å². The average molecular weight is 223 g/mol. The second kappa shape index (κ2) is 6.68. The maximum Gasteiger partial charge on any atom is 0.316 e. The van der Waals surface area contributed by atoms with Gasteiger partial charge in [-0.2, -0.15) is 0 Å². The second-order valence-corrected chi connectivity index (χ2v) is 3.29. The molecule has 0 spiro atoms. The number of para-hydroxylation sites is 2. The molecule has 0 unspecified atom stereocenters. The number of nitrogens with two attached hydrogens (primary N) is 1. The molecule has 1 rings (SSSR count). The van der Waals surface area contributed by atoms with E-state index >= 15 is 0 Å². The molecule has 5 nitrogen and oxygen atoms in total. The highest BCUT2D eigenvalue weighted by molar-refractivity contribution is 5.89. The van der Waals surface area contributed by atoms with Crippen molar-refractivity contribution in [2.45, 2.75) is 6.42 Å². The first-order valence-corrected chi connectivity index (χ1v) is 5.17. The Morgan fingerprint density at radius 3 is 2.88 bits per heavy atom. The van der Waals surface area contributed by atoms with Crippen LogP contribution in [0.15, 0.2) is 24.3 Å². The van der Waals surface area contributed by atoms with Crippen molar-refractivity contribution in [3.63, 3.8) is 0 Å². The minimum atomic E-state index is -0.591. The van der Waals surface area contributed by atoms with E-state index in [2.05, 4.69) is 10.6 Å². The van der Waals surface area contributed by atoms with Crippen LogP contribution in [0, 0.1) is 0 Å². The van der Waals surface area contributed by atoms with Gasteiger partial charge in [0, 0.05) is 0 Å². The van der Waals surface area contributed by atoms with Gasteiger partial charge in [0.2, 0.25) is 0 Å². The summed E-state index contributed by atoms with van der Waals surface area (Å²) in [5, 5.41) is 5.54. The fourth-order valence-corrected chi connectivity index (χ4v) is 1.26. The number of amides is 2. The van der Waals surface area contributed by atoms with Crippen LogP contribution in [0.2, 0.25) is 0 Å². The molecule has 0 saturated heterocycles. The van der Waals surface area contributed by atoms with Gasteiger partial charge in [-0.25, -0.2) is 4.79 Å². The number of benzene rings is 1. The summed E-state index contributed by atoms with van der Waals surface area (Å²) >= 11 is 0. The lowest BCUT2D eigenvalue weighted by atomic mass is 10.3. The highest BCUT2D eigenvalue weighted by atomic mass is 16.5.